The predicted octanol–water partition coefficient (Wildman–Crippen LogP) is 5.40. The number of aromatic carboxylic acids is 1. The maximum absolute atomic E-state index is 13.3. The minimum atomic E-state index is -1.06. The number of aromatic nitrogens is 2. The number of carbonyl (C=O) groups is 1. The van der Waals surface area contributed by atoms with Crippen LogP contribution < -0.4 is 0 Å². The SMILES string of the molecule is O=C(O)c1ccc(COCC(c2ccc(F)cc2)c2ncc[nH]2)cc1-c1ccc(F)cc1. The van der Waals surface area contributed by atoms with Crippen molar-refractivity contribution in [1.82, 2.24) is 9.97 Å². The van der Waals surface area contributed by atoms with Crippen molar-refractivity contribution in [3.05, 3.63) is 113 Å². The molecule has 0 aliphatic rings. The molecule has 4 rings (SSSR count). The van der Waals surface area contributed by atoms with Crippen molar-refractivity contribution in [2.24, 2.45) is 0 Å². The van der Waals surface area contributed by atoms with Crippen molar-refractivity contribution in [1.29, 1.82) is 0 Å². The van der Waals surface area contributed by atoms with Gasteiger partial charge in [-0.15, -0.1) is 0 Å². The Morgan fingerprint density at radius 2 is 1.69 bits per heavy atom. The van der Waals surface area contributed by atoms with Crippen LogP contribution in [0.4, 0.5) is 8.78 Å². The summed E-state index contributed by atoms with van der Waals surface area (Å²) in [7, 11) is 0. The van der Waals surface area contributed by atoms with Gasteiger partial charge >= 0.3 is 5.97 Å². The highest BCUT2D eigenvalue weighted by Gasteiger charge is 2.18. The highest BCUT2D eigenvalue weighted by atomic mass is 19.1. The second kappa shape index (κ2) is 9.53. The van der Waals surface area contributed by atoms with Gasteiger partial charge in [0.25, 0.3) is 0 Å². The Morgan fingerprint density at radius 1 is 1.00 bits per heavy atom. The number of hydrogen-bond donors (Lipinski definition) is 2. The van der Waals surface area contributed by atoms with Crippen LogP contribution in [0, 0.1) is 11.6 Å². The number of nitrogens with zero attached hydrogens (tertiary/aromatic N) is 1. The van der Waals surface area contributed by atoms with E-state index < -0.39 is 11.8 Å². The maximum atomic E-state index is 13.3. The fourth-order valence-electron chi connectivity index (χ4n) is 3.53. The first-order valence-electron chi connectivity index (χ1n) is 9.96. The van der Waals surface area contributed by atoms with Crippen LogP contribution in [0.25, 0.3) is 11.1 Å². The first-order valence-corrected chi connectivity index (χ1v) is 9.96. The molecular weight excluding hydrogens is 414 g/mol. The second-order valence-electron chi connectivity index (χ2n) is 7.29. The van der Waals surface area contributed by atoms with Crippen molar-refractivity contribution < 1.29 is 23.4 Å². The molecule has 1 aromatic heterocycles. The Hall–Kier alpha value is -3.84. The number of hydrogen-bond acceptors (Lipinski definition) is 3. The lowest BCUT2D eigenvalue weighted by atomic mass is 9.97. The van der Waals surface area contributed by atoms with E-state index in [1.165, 1.54) is 30.3 Å². The molecule has 7 heteroatoms. The third-order valence-electron chi connectivity index (χ3n) is 5.14. The molecule has 1 atom stereocenters. The van der Waals surface area contributed by atoms with Gasteiger partial charge in [-0.25, -0.2) is 18.6 Å². The summed E-state index contributed by atoms with van der Waals surface area (Å²) < 4.78 is 32.6. The minimum absolute atomic E-state index is 0.125. The van der Waals surface area contributed by atoms with Crippen molar-refractivity contribution in [2.45, 2.75) is 12.5 Å². The highest BCUT2D eigenvalue weighted by molar-refractivity contribution is 5.96. The lowest BCUT2D eigenvalue weighted by Crippen LogP contribution is -2.12. The molecule has 0 aliphatic heterocycles. The zero-order valence-corrected chi connectivity index (χ0v) is 17.0. The summed E-state index contributed by atoms with van der Waals surface area (Å²) in [6.07, 6.45) is 3.36. The van der Waals surface area contributed by atoms with Crippen LogP contribution in [0.1, 0.15) is 33.2 Å². The molecule has 0 saturated carbocycles. The molecule has 162 valence electrons. The van der Waals surface area contributed by atoms with Crippen molar-refractivity contribution in [3.63, 3.8) is 0 Å². The molecule has 4 aromatic rings. The third-order valence-corrected chi connectivity index (χ3v) is 5.14. The number of benzene rings is 3. The van der Waals surface area contributed by atoms with Gasteiger partial charge in [-0.2, -0.15) is 0 Å². The third kappa shape index (κ3) is 4.90. The standard InChI is InChI=1S/C25H20F2N2O3/c26-19-6-2-17(3-7-19)22-13-16(1-10-21(22)25(30)31)14-32-15-23(24-28-11-12-29-24)18-4-8-20(27)9-5-18/h1-13,23H,14-15H2,(H,28,29)(H,30,31). The quantitative estimate of drug-likeness (QED) is 0.389. The average molecular weight is 434 g/mol. The van der Waals surface area contributed by atoms with Crippen molar-refractivity contribution >= 4 is 5.97 Å². The van der Waals surface area contributed by atoms with E-state index in [9.17, 15) is 18.7 Å². The molecule has 1 unspecified atom stereocenters. The van der Waals surface area contributed by atoms with Crippen molar-refractivity contribution in [3.8, 4) is 11.1 Å². The first kappa shape index (κ1) is 21.4. The fraction of sp³-hybridized carbons (Fsp3) is 0.120. The van der Waals surface area contributed by atoms with Gasteiger partial charge in [-0.1, -0.05) is 30.3 Å². The molecule has 0 aliphatic carbocycles. The van der Waals surface area contributed by atoms with E-state index in [1.807, 2.05) is 0 Å². The van der Waals surface area contributed by atoms with E-state index in [-0.39, 0.29) is 30.5 Å². The van der Waals surface area contributed by atoms with E-state index in [0.717, 1.165) is 11.1 Å². The summed E-state index contributed by atoms with van der Waals surface area (Å²) in [5.41, 5.74) is 2.84. The first-order chi connectivity index (χ1) is 15.5. The Labute approximate surface area is 183 Å². The van der Waals surface area contributed by atoms with Crippen LogP contribution in [-0.4, -0.2) is 27.7 Å². The largest absolute Gasteiger partial charge is 0.478 e. The number of rotatable bonds is 8. The Morgan fingerprint density at radius 3 is 2.31 bits per heavy atom. The molecule has 0 spiro atoms. The van der Waals surface area contributed by atoms with Crippen molar-refractivity contribution in [2.75, 3.05) is 6.61 Å². The van der Waals surface area contributed by atoms with Gasteiger partial charge in [0.15, 0.2) is 0 Å². The Balaban J connectivity index is 1.53. The van der Waals surface area contributed by atoms with E-state index >= 15 is 0 Å². The summed E-state index contributed by atoms with van der Waals surface area (Å²) in [6.45, 7) is 0.512. The van der Waals surface area contributed by atoms with Crippen LogP contribution in [0.15, 0.2) is 79.1 Å². The zero-order chi connectivity index (χ0) is 22.5. The number of aromatic amines is 1. The fourth-order valence-corrected chi connectivity index (χ4v) is 3.53. The summed E-state index contributed by atoms with van der Waals surface area (Å²) in [5, 5.41) is 9.53. The number of nitrogens with one attached hydrogen (secondary N) is 1. The minimum Gasteiger partial charge on any atom is -0.478 e. The lowest BCUT2D eigenvalue weighted by molar-refractivity contribution is 0.0697. The number of carboxylic acids is 1. The van der Waals surface area contributed by atoms with Gasteiger partial charge in [0.05, 0.1) is 24.7 Å². The van der Waals surface area contributed by atoms with E-state index in [1.54, 1.807) is 48.8 Å². The monoisotopic (exact) mass is 434 g/mol. The molecule has 32 heavy (non-hydrogen) atoms. The molecule has 0 amide bonds. The molecule has 3 aromatic carbocycles. The molecule has 0 fully saturated rings. The van der Waals surface area contributed by atoms with E-state index in [2.05, 4.69) is 9.97 Å². The van der Waals surface area contributed by atoms with Crippen LogP contribution in [0.5, 0.6) is 0 Å². The zero-order valence-electron chi connectivity index (χ0n) is 17.0. The topological polar surface area (TPSA) is 75.2 Å². The van der Waals surface area contributed by atoms with Gasteiger partial charge in [-0.3, -0.25) is 0 Å². The lowest BCUT2D eigenvalue weighted by Gasteiger charge is -2.16. The van der Waals surface area contributed by atoms with Crippen LogP contribution >= 0.6 is 0 Å². The molecule has 0 radical (unpaired) electrons. The molecular formula is C25H20F2N2O3. The van der Waals surface area contributed by atoms with E-state index in [0.29, 0.717) is 17.0 Å². The molecule has 0 bridgehead atoms. The number of carboxylic acid groups (broad SMARTS) is 1. The van der Waals surface area contributed by atoms with Crippen LogP contribution in [0.2, 0.25) is 0 Å². The van der Waals surface area contributed by atoms with Gasteiger partial charge in [-0.05, 0) is 58.7 Å². The summed E-state index contributed by atoms with van der Waals surface area (Å²) in [6, 6.07) is 16.8. The Bertz CT molecular complexity index is 1190. The molecule has 2 N–H and O–H groups in total. The number of ether oxygens (including phenoxy) is 1. The predicted molar refractivity (Wildman–Crippen MR) is 115 cm³/mol. The summed E-state index contributed by atoms with van der Waals surface area (Å²) >= 11 is 0. The number of H-pyrrole nitrogens is 1. The van der Waals surface area contributed by atoms with Crippen LogP contribution in [-0.2, 0) is 11.3 Å². The summed E-state index contributed by atoms with van der Waals surface area (Å²) in [4.78, 5) is 19.0. The van der Waals surface area contributed by atoms with Gasteiger partial charge in [0, 0.05) is 12.4 Å². The smallest absolute Gasteiger partial charge is 0.336 e. The molecule has 5 nitrogen and oxygen atoms in total. The molecule has 0 saturated heterocycles. The Kier molecular flexibility index (Phi) is 6.37. The van der Waals surface area contributed by atoms with E-state index in [4.69, 9.17) is 4.74 Å². The molecule has 1 heterocycles. The summed E-state index contributed by atoms with van der Waals surface area (Å²) in [5.74, 6) is -1.30. The normalized spacial score (nSPS) is 11.9. The maximum Gasteiger partial charge on any atom is 0.336 e. The van der Waals surface area contributed by atoms with Gasteiger partial charge in [0.1, 0.15) is 17.5 Å². The van der Waals surface area contributed by atoms with Crippen LogP contribution in [0.3, 0.4) is 0 Å². The average Bonchev–Trinajstić information content (AvgIpc) is 3.32. The number of imidazole rings is 1. The highest BCUT2D eigenvalue weighted by Crippen LogP contribution is 2.27. The number of halogens is 2. The second-order valence-corrected chi connectivity index (χ2v) is 7.29. The van der Waals surface area contributed by atoms with Gasteiger partial charge < -0.3 is 14.8 Å². The van der Waals surface area contributed by atoms with Gasteiger partial charge in [0.2, 0.25) is 0 Å².